The summed E-state index contributed by atoms with van der Waals surface area (Å²) in [4.78, 5) is 34.1. The van der Waals surface area contributed by atoms with Crippen LogP contribution in [0.1, 0.15) is 23.8 Å². The van der Waals surface area contributed by atoms with Crippen LogP contribution >= 0.6 is 0 Å². The normalized spacial score (nSPS) is 14.5. The molecule has 0 aliphatic carbocycles. The van der Waals surface area contributed by atoms with E-state index >= 15 is 0 Å². The zero-order valence-electron chi connectivity index (χ0n) is 15.9. The molecule has 2 amide bonds. The fourth-order valence-corrected chi connectivity index (χ4v) is 2.76. The molecule has 1 aliphatic rings. The molecule has 0 atom stereocenters. The second-order valence-corrected chi connectivity index (χ2v) is 6.49. The van der Waals surface area contributed by atoms with E-state index < -0.39 is 0 Å². The number of amides is 2. The molecule has 1 aromatic rings. The Morgan fingerprint density at radius 2 is 1.96 bits per heavy atom. The van der Waals surface area contributed by atoms with Gasteiger partial charge in [-0.1, -0.05) is 0 Å². The molecule has 1 fully saturated rings. The minimum atomic E-state index is -0.258. The lowest BCUT2D eigenvalue weighted by Gasteiger charge is -2.35. The second-order valence-electron chi connectivity index (χ2n) is 6.49. The highest BCUT2D eigenvalue weighted by Crippen LogP contribution is 2.16. The topological polar surface area (TPSA) is 78.0 Å². The van der Waals surface area contributed by atoms with Gasteiger partial charge in [-0.2, -0.15) is 0 Å². The van der Waals surface area contributed by atoms with Crippen LogP contribution in [0.25, 0.3) is 0 Å². The molecule has 0 aromatic carbocycles. The number of hydrogen-bond acceptors (Lipinski definition) is 6. The number of nitrogens with one attached hydrogen (secondary N) is 1. The van der Waals surface area contributed by atoms with Crippen molar-refractivity contribution in [3.63, 3.8) is 0 Å². The summed E-state index contributed by atoms with van der Waals surface area (Å²) in [5.41, 5.74) is 1.38. The van der Waals surface area contributed by atoms with E-state index in [9.17, 15) is 9.59 Å². The van der Waals surface area contributed by atoms with Crippen molar-refractivity contribution >= 4 is 17.7 Å². The molecule has 0 bridgehead atoms. The highest BCUT2D eigenvalue weighted by molar-refractivity contribution is 5.92. The van der Waals surface area contributed by atoms with E-state index in [0.717, 1.165) is 31.7 Å². The van der Waals surface area contributed by atoms with Crippen LogP contribution in [0.3, 0.4) is 0 Å². The Kier molecular flexibility index (Phi) is 7.65. The lowest BCUT2D eigenvalue weighted by molar-refractivity contribution is 0.0946. The van der Waals surface area contributed by atoms with Crippen molar-refractivity contribution in [2.24, 2.45) is 0 Å². The molecule has 0 radical (unpaired) electrons. The number of carbonyl (C=O) groups excluding carboxylic acids is 2. The molecule has 1 N–H and O–H groups in total. The fraction of sp³-hybridized carbons (Fsp3) is 0.611. The monoisotopic (exact) mass is 363 g/mol. The lowest BCUT2D eigenvalue weighted by Crippen LogP contribution is -2.49. The predicted molar refractivity (Wildman–Crippen MR) is 101 cm³/mol. The minimum absolute atomic E-state index is 0.151. The standard InChI is InChI=1S/C18H29N5O3/c1-4-26-18(25)23-12-10-22(11-13-23)15-6-7-16(20-14-15)17(24)19-8-5-9-21(2)3/h6-7,14H,4-5,8-13H2,1-3H3,(H,19,24). The lowest BCUT2D eigenvalue weighted by atomic mass is 10.2. The van der Waals surface area contributed by atoms with Crippen LogP contribution in [0.2, 0.25) is 0 Å². The number of pyridine rings is 1. The van der Waals surface area contributed by atoms with Crippen LogP contribution in [0, 0.1) is 0 Å². The summed E-state index contributed by atoms with van der Waals surface area (Å²) in [5.74, 6) is -0.151. The van der Waals surface area contributed by atoms with Crippen LogP contribution < -0.4 is 10.2 Å². The quantitative estimate of drug-likeness (QED) is 0.730. The van der Waals surface area contributed by atoms with Gasteiger partial charge in [0.25, 0.3) is 5.91 Å². The molecule has 26 heavy (non-hydrogen) atoms. The highest BCUT2D eigenvalue weighted by atomic mass is 16.6. The summed E-state index contributed by atoms with van der Waals surface area (Å²) in [7, 11) is 4.02. The van der Waals surface area contributed by atoms with Crippen molar-refractivity contribution in [2.45, 2.75) is 13.3 Å². The van der Waals surface area contributed by atoms with Gasteiger partial charge in [0.2, 0.25) is 0 Å². The van der Waals surface area contributed by atoms with Crippen LogP contribution in [-0.2, 0) is 4.74 Å². The number of ether oxygens (including phenoxy) is 1. The van der Waals surface area contributed by atoms with Crippen LogP contribution in [0.4, 0.5) is 10.5 Å². The van der Waals surface area contributed by atoms with Crippen molar-refractivity contribution < 1.29 is 14.3 Å². The van der Waals surface area contributed by atoms with Crippen molar-refractivity contribution in [3.05, 3.63) is 24.0 Å². The van der Waals surface area contributed by atoms with Gasteiger partial charge in [0, 0.05) is 32.7 Å². The molecule has 8 nitrogen and oxygen atoms in total. The van der Waals surface area contributed by atoms with E-state index in [0.29, 0.717) is 31.9 Å². The smallest absolute Gasteiger partial charge is 0.409 e. The minimum Gasteiger partial charge on any atom is -0.450 e. The SMILES string of the molecule is CCOC(=O)N1CCN(c2ccc(C(=O)NCCCN(C)C)nc2)CC1. The Morgan fingerprint density at radius 1 is 1.23 bits per heavy atom. The maximum absolute atomic E-state index is 12.1. The molecule has 8 heteroatoms. The van der Waals surface area contributed by atoms with E-state index in [-0.39, 0.29) is 12.0 Å². The van der Waals surface area contributed by atoms with E-state index in [1.54, 1.807) is 24.1 Å². The molecule has 0 unspecified atom stereocenters. The van der Waals surface area contributed by atoms with E-state index in [4.69, 9.17) is 4.74 Å². The first-order valence-corrected chi connectivity index (χ1v) is 9.07. The number of anilines is 1. The number of rotatable bonds is 7. The average Bonchev–Trinajstić information content (AvgIpc) is 2.65. The Morgan fingerprint density at radius 3 is 2.54 bits per heavy atom. The Bertz CT molecular complexity index is 583. The maximum Gasteiger partial charge on any atom is 0.409 e. The summed E-state index contributed by atoms with van der Waals surface area (Å²) in [6.07, 6.45) is 2.36. The summed E-state index contributed by atoms with van der Waals surface area (Å²) >= 11 is 0. The van der Waals surface area contributed by atoms with Gasteiger partial charge < -0.3 is 24.8 Å². The third-order valence-corrected chi connectivity index (χ3v) is 4.22. The van der Waals surface area contributed by atoms with Gasteiger partial charge in [-0.15, -0.1) is 0 Å². The fourth-order valence-electron chi connectivity index (χ4n) is 2.76. The third-order valence-electron chi connectivity index (χ3n) is 4.22. The summed E-state index contributed by atoms with van der Waals surface area (Å²) in [5, 5.41) is 2.88. The summed E-state index contributed by atoms with van der Waals surface area (Å²) < 4.78 is 5.03. The molecule has 1 aromatic heterocycles. The van der Waals surface area contributed by atoms with Crippen molar-refractivity contribution in [1.29, 1.82) is 0 Å². The van der Waals surface area contributed by atoms with Crippen molar-refractivity contribution in [1.82, 2.24) is 20.1 Å². The number of nitrogens with zero attached hydrogens (tertiary/aromatic N) is 4. The molecule has 2 heterocycles. The van der Waals surface area contributed by atoms with Crippen molar-refractivity contribution in [2.75, 3.05) is 64.9 Å². The number of carbonyl (C=O) groups is 2. The Labute approximate surface area is 155 Å². The highest BCUT2D eigenvalue weighted by Gasteiger charge is 2.22. The maximum atomic E-state index is 12.1. The molecule has 0 saturated carbocycles. The van der Waals surface area contributed by atoms with Crippen LogP contribution in [0.15, 0.2) is 18.3 Å². The third kappa shape index (κ3) is 5.87. The Balaban J connectivity index is 1.80. The van der Waals surface area contributed by atoms with Crippen molar-refractivity contribution in [3.8, 4) is 0 Å². The first kappa shape index (κ1) is 20.0. The largest absolute Gasteiger partial charge is 0.450 e. The van der Waals surface area contributed by atoms with Gasteiger partial charge in [-0.05, 0) is 46.1 Å². The Hall–Kier alpha value is -2.35. The molecule has 1 aliphatic heterocycles. The summed E-state index contributed by atoms with van der Waals surface area (Å²) in [6, 6.07) is 3.65. The van der Waals surface area contributed by atoms with Gasteiger partial charge in [0.1, 0.15) is 5.69 Å². The van der Waals surface area contributed by atoms with Gasteiger partial charge in [-0.3, -0.25) is 4.79 Å². The molecular weight excluding hydrogens is 334 g/mol. The van der Waals surface area contributed by atoms with Gasteiger partial charge >= 0.3 is 6.09 Å². The van der Waals surface area contributed by atoms with Gasteiger partial charge in [-0.25, -0.2) is 9.78 Å². The zero-order valence-corrected chi connectivity index (χ0v) is 15.9. The average molecular weight is 363 g/mol. The van der Waals surface area contributed by atoms with Gasteiger partial charge in [0.05, 0.1) is 18.5 Å². The van der Waals surface area contributed by atoms with Gasteiger partial charge in [0.15, 0.2) is 0 Å². The van der Waals surface area contributed by atoms with E-state index in [2.05, 4.69) is 20.1 Å². The molecule has 1 saturated heterocycles. The first-order chi connectivity index (χ1) is 12.5. The molecular formula is C18H29N5O3. The molecule has 2 rings (SSSR count). The number of aromatic nitrogens is 1. The number of piperazine rings is 1. The second kappa shape index (κ2) is 9.96. The van der Waals surface area contributed by atoms with Crippen LogP contribution in [0.5, 0.6) is 0 Å². The first-order valence-electron chi connectivity index (χ1n) is 9.07. The predicted octanol–water partition coefficient (Wildman–Crippen LogP) is 1.04. The molecule has 144 valence electrons. The molecule has 0 spiro atoms. The van der Waals surface area contributed by atoms with Crippen LogP contribution in [-0.4, -0.2) is 86.8 Å². The zero-order chi connectivity index (χ0) is 18.9. The number of hydrogen-bond donors (Lipinski definition) is 1. The van der Waals surface area contributed by atoms with E-state index in [1.807, 2.05) is 20.2 Å². The van der Waals surface area contributed by atoms with E-state index in [1.165, 1.54) is 0 Å². The summed E-state index contributed by atoms with van der Waals surface area (Å²) in [6.45, 7) is 6.44.